The van der Waals surface area contributed by atoms with Crippen molar-refractivity contribution < 1.29 is 29.3 Å². The highest BCUT2D eigenvalue weighted by atomic mass is 16.5. The van der Waals surface area contributed by atoms with Gasteiger partial charge >= 0.3 is 6.09 Å². The molecule has 2 aliphatic rings. The van der Waals surface area contributed by atoms with Gasteiger partial charge in [0.15, 0.2) is 0 Å². The molecule has 0 saturated heterocycles. The number of carbonyl (C=O) groups excluding carboxylic acids is 3. The molecule has 0 radical (unpaired) electrons. The molecule has 1 aromatic rings. The van der Waals surface area contributed by atoms with E-state index >= 15 is 0 Å². The van der Waals surface area contributed by atoms with Crippen molar-refractivity contribution in [3.05, 3.63) is 29.8 Å². The zero-order valence-corrected chi connectivity index (χ0v) is 24.6. The first kappa shape index (κ1) is 31.8. The van der Waals surface area contributed by atoms with Crippen molar-refractivity contribution in [1.82, 2.24) is 10.6 Å². The molecular formula is C30H48N4O6. The largest absolute Gasteiger partial charge is 0.453 e. The van der Waals surface area contributed by atoms with Crippen LogP contribution >= 0.6 is 0 Å². The monoisotopic (exact) mass is 560 g/mol. The lowest BCUT2D eigenvalue weighted by atomic mass is 9.69. The Morgan fingerprint density at radius 2 is 1.82 bits per heavy atom. The number of aliphatic hydroxyl groups is 2. The van der Waals surface area contributed by atoms with Gasteiger partial charge in [0.2, 0.25) is 11.8 Å². The summed E-state index contributed by atoms with van der Waals surface area (Å²) >= 11 is 0. The lowest BCUT2D eigenvalue weighted by Gasteiger charge is -2.39. The fourth-order valence-electron chi connectivity index (χ4n) is 6.20. The number of para-hydroxylation sites is 1. The van der Waals surface area contributed by atoms with Crippen LogP contribution in [0, 0.1) is 16.7 Å². The van der Waals surface area contributed by atoms with Crippen LogP contribution in [0.1, 0.15) is 71.8 Å². The van der Waals surface area contributed by atoms with Gasteiger partial charge in [-0.05, 0) is 48.6 Å². The number of anilines is 1. The summed E-state index contributed by atoms with van der Waals surface area (Å²) in [4.78, 5) is 40.0. The zero-order valence-electron chi connectivity index (χ0n) is 24.6. The Labute approximate surface area is 238 Å². The van der Waals surface area contributed by atoms with Crippen molar-refractivity contribution in [2.24, 2.45) is 22.5 Å². The van der Waals surface area contributed by atoms with Crippen LogP contribution in [0.3, 0.4) is 0 Å². The van der Waals surface area contributed by atoms with E-state index in [1.165, 1.54) is 7.11 Å². The molecule has 10 heteroatoms. The number of hydrogen-bond acceptors (Lipinski definition) is 7. The van der Waals surface area contributed by atoms with Crippen LogP contribution in [0.5, 0.6) is 0 Å². The minimum absolute atomic E-state index is 0.00332. The third-order valence-electron chi connectivity index (χ3n) is 8.59. The Morgan fingerprint density at radius 1 is 1.15 bits per heavy atom. The van der Waals surface area contributed by atoms with E-state index in [-0.39, 0.29) is 36.7 Å². The SMILES string of the molecule is COC(=O)NC1Cc2ccccc2N(C(=O)CC(C)(C)C[C@H](N)[C@@H](O)CNC(=O)C(C)(C)[C@@H]2CCCC[C@H]2O)C1. The van der Waals surface area contributed by atoms with Gasteiger partial charge < -0.3 is 36.2 Å². The average Bonchev–Trinajstić information content (AvgIpc) is 2.90. The van der Waals surface area contributed by atoms with Crippen LogP contribution < -0.4 is 21.3 Å². The molecule has 3 amide bonds. The number of hydrogen-bond donors (Lipinski definition) is 5. The molecule has 1 heterocycles. The van der Waals surface area contributed by atoms with E-state index in [9.17, 15) is 24.6 Å². The summed E-state index contributed by atoms with van der Waals surface area (Å²) in [5.41, 5.74) is 6.85. The summed E-state index contributed by atoms with van der Waals surface area (Å²) in [6.07, 6.45) is 2.57. The van der Waals surface area contributed by atoms with E-state index in [0.29, 0.717) is 25.8 Å². The summed E-state index contributed by atoms with van der Waals surface area (Å²) in [6.45, 7) is 7.87. The summed E-state index contributed by atoms with van der Waals surface area (Å²) in [7, 11) is 1.31. The Hall–Kier alpha value is -2.69. The van der Waals surface area contributed by atoms with Gasteiger partial charge in [0.25, 0.3) is 0 Å². The highest BCUT2D eigenvalue weighted by Gasteiger charge is 2.42. The molecule has 1 fully saturated rings. The third kappa shape index (κ3) is 7.95. The normalized spacial score (nSPS) is 23.0. The van der Waals surface area contributed by atoms with Gasteiger partial charge in [0.1, 0.15) is 0 Å². The summed E-state index contributed by atoms with van der Waals surface area (Å²) in [5.74, 6) is -0.436. The molecular weight excluding hydrogens is 512 g/mol. The molecule has 0 spiro atoms. The quantitative estimate of drug-likeness (QED) is 0.295. The minimum atomic E-state index is -0.991. The summed E-state index contributed by atoms with van der Waals surface area (Å²) in [5, 5.41) is 26.8. The predicted molar refractivity (Wildman–Crippen MR) is 154 cm³/mol. The maximum atomic E-state index is 13.5. The van der Waals surface area contributed by atoms with E-state index < -0.39 is 35.2 Å². The number of aliphatic hydroxyl groups excluding tert-OH is 2. The first-order chi connectivity index (χ1) is 18.7. The molecule has 6 N–H and O–H groups in total. The number of alkyl carbamates (subject to hydrolysis) is 1. The Balaban J connectivity index is 1.57. The summed E-state index contributed by atoms with van der Waals surface area (Å²) in [6, 6.07) is 6.71. The van der Waals surface area contributed by atoms with Crippen molar-refractivity contribution in [3.8, 4) is 0 Å². The van der Waals surface area contributed by atoms with Crippen molar-refractivity contribution in [2.45, 2.75) is 96.9 Å². The van der Waals surface area contributed by atoms with Crippen LogP contribution in [0.4, 0.5) is 10.5 Å². The molecule has 0 aromatic heterocycles. The lowest BCUT2D eigenvalue weighted by molar-refractivity contribution is -0.137. The molecule has 224 valence electrons. The van der Waals surface area contributed by atoms with Crippen LogP contribution in [0.25, 0.3) is 0 Å². The smallest absolute Gasteiger partial charge is 0.407 e. The van der Waals surface area contributed by atoms with Gasteiger partial charge in [-0.2, -0.15) is 0 Å². The molecule has 1 aliphatic heterocycles. The Morgan fingerprint density at radius 3 is 2.50 bits per heavy atom. The van der Waals surface area contributed by atoms with E-state index in [0.717, 1.165) is 30.5 Å². The number of benzene rings is 1. The van der Waals surface area contributed by atoms with Gasteiger partial charge in [-0.3, -0.25) is 9.59 Å². The molecule has 1 saturated carbocycles. The molecule has 3 rings (SSSR count). The van der Waals surface area contributed by atoms with E-state index in [2.05, 4.69) is 10.6 Å². The Bertz CT molecular complexity index is 1040. The van der Waals surface area contributed by atoms with Gasteiger partial charge in [-0.25, -0.2) is 4.79 Å². The average molecular weight is 561 g/mol. The molecule has 5 atom stereocenters. The number of ether oxygens (including phenoxy) is 1. The standard InChI is InChI=1S/C30H48N4O6/c1-29(2,15-22(31)25(36)17-32-27(38)30(3,4)21-11-7-9-13-24(21)35)16-26(37)34-18-20(33-28(39)40-5)14-19-10-6-8-12-23(19)34/h6,8,10,12,20-22,24-25,35-36H,7,9,11,13-18,31H2,1-5H3,(H,32,38)(H,33,39)/t20?,21-,22+,24-,25+/m1/s1. The van der Waals surface area contributed by atoms with Crippen molar-refractivity contribution >= 4 is 23.6 Å². The number of fused-ring (bicyclic) bond motifs is 1. The number of rotatable bonds is 10. The molecule has 0 bridgehead atoms. The van der Waals surface area contributed by atoms with Crippen LogP contribution in [0.2, 0.25) is 0 Å². The molecule has 1 unspecified atom stereocenters. The number of nitrogens with one attached hydrogen (secondary N) is 2. The maximum Gasteiger partial charge on any atom is 0.407 e. The van der Waals surface area contributed by atoms with Crippen molar-refractivity contribution in [1.29, 1.82) is 0 Å². The number of nitrogens with two attached hydrogens (primary N) is 1. The first-order valence-corrected chi connectivity index (χ1v) is 14.4. The maximum absolute atomic E-state index is 13.5. The number of carbonyl (C=O) groups is 3. The minimum Gasteiger partial charge on any atom is -0.453 e. The second kappa shape index (κ2) is 13.3. The topological polar surface area (TPSA) is 154 Å². The molecule has 40 heavy (non-hydrogen) atoms. The zero-order chi connectivity index (χ0) is 29.7. The predicted octanol–water partition coefficient (Wildman–Crippen LogP) is 2.49. The number of amides is 3. The lowest BCUT2D eigenvalue weighted by Crippen LogP contribution is -2.52. The van der Waals surface area contributed by atoms with Crippen LogP contribution in [-0.2, 0) is 20.7 Å². The van der Waals surface area contributed by atoms with Gasteiger partial charge in [0, 0.05) is 36.7 Å². The fraction of sp³-hybridized carbons (Fsp3) is 0.700. The highest BCUT2D eigenvalue weighted by molar-refractivity contribution is 5.95. The van der Waals surface area contributed by atoms with E-state index in [1.54, 1.807) is 4.90 Å². The Kier molecular flexibility index (Phi) is 10.6. The van der Waals surface area contributed by atoms with Crippen molar-refractivity contribution in [2.75, 3.05) is 25.1 Å². The second-order valence-corrected chi connectivity index (χ2v) is 12.8. The number of methoxy groups -OCH3 is 1. The van der Waals surface area contributed by atoms with Crippen molar-refractivity contribution in [3.63, 3.8) is 0 Å². The highest BCUT2D eigenvalue weighted by Crippen LogP contribution is 2.39. The van der Waals surface area contributed by atoms with Crippen LogP contribution in [-0.4, -0.2) is 72.6 Å². The molecule has 10 nitrogen and oxygen atoms in total. The third-order valence-corrected chi connectivity index (χ3v) is 8.59. The summed E-state index contributed by atoms with van der Waals surface area (Å²) < 4.78 is 4.74. The van der Waals surface area contributed by atoms with Gasteiger partial charge in [-0.15, -0.1) is 0 Å². The molecule has 1 aromatic carbocycles. The second-order valence-electron chi connectivity index (χ2n) is 12.8. The number of nitrogens with zero attached hydrogens (tertiary/aromatic N) is 1. The van der Waals surface area contributed by atoms with E-state index in [4.69, 9.17) is 10.5 Å². The first-order valence-electron chi connectivity index (χ1n) is 14.4. The van der Waals surface area contributed by atoms with Gasteiger partial charge in [-0.1, -0.05) is 58.7 Å². The van der Waals surface area contributed by atoms with Crippen LogP contribution in [0.15, 0.2) is 24.3 Å². The van der Waals surface area contributed by atoms with Gasteiger partial charge in [0.05, 0.1) is 25.4 Å². The molecule has 1 aliphatic carbocycles. The van der Waals surface area contributed by atoms with E-state index in [1.807, 2.05) is 52.0 Å². The fourth-order valence-corrected chi connectivity index (χ4v) is 6.20.